The summed E-state index contributed by atoms with van der Waals surface area (Å²) in [5, 5.41) is 9.79. The molecule has 0 saturated carbocycles. The van der Waals surface area contributed by atoms with Crippen molar-refractivity contribution in [3.05, 3.63) is 46.1 Å². The Balaban J connectivity index is 2.09. The highest BCUT2D eigenvalue weighted by Crippen LogP contribution is 2.15. The van der Waals surface area contributed by atoms with Gasteiger partial charge < -0.3 is 5.32 Å². The molecule has 1 amide bonds. The van der Waals surface area contributed by atoms with Crippen LogP contribution in [0.4, 0.5) is 5.82 Å². The van der Waals surface area contributed by atoms with E-state index in [1.165, 1.54) is 5.56 Å². The van der Waals surface area contributed by atoms with Crippen molar-refractivity contribution in [3.63, 3.8) is 0 Å². The van der Waals surface area contributed by atoms with E-state index in [0.717, 1.165) is 22.4 Å². The minimum Gasteiger partial charge on any atom is -0.309 e. The van der Waals surface area contributed by atoms with Crippen LogP contribution in [0.3, 0.4) is 0 Å². The minimum atomic E-state index is -0.0386. The van der Waals surface area contributed by atoms with Gasteiger partial charge in [-0.05, 0) is 38.8 Å². The summed E-state index contributed by atoms with van der Waals surface area (Å²) in [5.41, 5.74) is 5.31. The fraction of sp³-hybridized carbons (Fsp3) is 0.333. The summed E-state index contributed by atoms with van der Waals surface area (Å²) < 4.78 is 0. The number of aromatic nitrogens is 2. The van der Waals surface area contributed by atoms with Crippen LogP contribution in [0.2, 0.25) is 0 Å². The van der Waals surface area contributed by atoms with E-state index in [1.807, 2.05) is 33.8 Å². The van der Waals surface area contributed by atoms with Crippen molar-refractivity contribution in [1.29, 1.82) is 0 Å². The van der Waals surface area contributed by atoms with Crippen molar-refractivity contribution >= 4 is 11.7 Å². The van der Waals surface area contributed by atoms with E-state index in [-0.39, 0.29) is 5.91 Å². The van der Waals surface area contributed by atoms with Crippen molar-refractivity contribution in [2.75, 3.05) is 5.32 Å². The zero-order chi connectivity index (χ0) is 14.0. The van der Waals surface area contributed by atoms with Crippen molar-refractivity contribution in [2.24, 2.45) is 0 Å². The second-order valence-electron chi connectivity index (χ2n) is 4.98. The van der Waals surface area contributed by atoms with Crippen LogP contribution in [0, 0.1) is 27.7 Å². The van der Waals surface area contributed by atoms with E-state index in [9.17, 15) is 4.79 Å². The summed E-state index contributed by atoms with van der Waals surface area (Å²) in [4.78, 5) is 12.0. The Morgan fingerprint density at radius 1 is 1.26 bits per heavy atom. The molecule has 4 nitrogen and oxygen atoms in total. The molecule has 0 spiro atoms. The predicted octanol–water partition coefficient (Wildman–Crippen LogP) is 2.82. The minimum absolute atomic E-state index is 0.0386. The van der Waals surface area contributed by atoms with Gasteiger partial charge >= 0.3 is 0 Å². The lowest BCUT2D eigenvalue weighted by Gasteiger charge is -2.07. The molecule has 0 bridgehead atoms. The van der Waals surface area contributed by atoms with Crippen LogP contribution in [0.5, 0.6) is 0 Å². The lowest BCUT2D eigenvalue weighted by Crippen LogP contribution is -2.16. The molecule has 1 aromatic heterocycles. The maximum absolute atomic E-state index is 12.0. The number of carbonyl (C=O) groups excluding carboxylic acids is 1. The van der Waals surface area contributed by atoms with Crippen molar-refractivity contribution < 1.29 is 4.79 Å². The zero-order valence-corrected chi connectivity index (χ0v) is 11.8. The number of benzene rings is 1. The smallest absolute Gasteiger partial charge is 0.230 e. The molecule has 1 aromatic carbocycles. The van der Waals surface area contributed by atoms with Gasteiger partial charge in [-0.1, -0.05) is 23.8 Å². The average molecular weight is 257 g/mol. The van der Waals surface area contributed by atoms with E-state index in [0.29, 0.717) is 12.2 Å². The quantitative estimate of drug-likeness (QED) is 0.888. The van der Waals surface area contributed by atoms with E-state index in [4.69, 9.17) is 0 Å². The molecule has 0 unspecified atom stereocenters. The molecule has 0 atom stereocenters. The first-order valence-corrected chi connectivity index (χ1v) is 6.35. The number of amides is 1. The monoisotopic (exact) mass is 257 g/mol. The summed E-state index contributed by atoms with van der Waals surface area (Å²) in [7, 11) is 0. The van der Waals surface area contributed by atoms with Crippen molar-refractivity contribution in [1.82, 2.24) is 10.2 Å². The lowest BCUT2D eigenvalue weighted by atomic mass is 10.0. The summed E-state index contributed by atoms with van der Waals surface area (Å²) >= 11 is 0. The molecule has 2 rings (SSSR count). The molecule has 0 aliphatic rings. The van der Waals surface area contributed by atoms with Gasteiger partial charge in [0.05, 0.1) is 6.42 Å². The molecule has 2 aromatic rings. The number of rotatable bonds is 3. The molecule has 2 N–H and O–H groups in total. The van der Waals surface area contributed by atoms with E-state index in [2.05, 4.69) is 27.6 Å². The Hall–Kier alpha value is -2.10. The molecule has 0 aliphatic carbocycles. The summed E-state index contributed by atoms with van der Waals surface area (Å²) in [6.07, 6.45) is 0.374. The fourth-order valence-electron chi connectivity index (χ4n) is 1.95. The predicted molar refractivity (Wildman–Crippen MR) is 76.3 cm³/mol. The fourth-order valence-corrected chi connectivity index (χ4v) is 1.95. The highest BCUT2D eigenvalue weighted by Gasteiger charge is 2.11. The Bertz CT molecular complexity index is 614. The van der Waals surface area contributed by atoms with Crippen LogP contribution in [0.25, 0.3) is 0 Å². The van der Waals surface area contributed by atoms with E-state index < -0.39 is 0 Å². The second kappa shape index (κ2) is 5.26. The molecule has 19 heavy (non-hydrogen) atoms. The first-order chi connectivity index (χ1) is 8.97. The van der Waals surface area contributed by atoms with Crippen LogP contribution in [0.1, 0.15) is 27.9 Å². The molecule has 1 heterocycles. The van der Waals surface area contributed by atoms with Gasteiger partial charge in [0, 0.05) is 11.3 Å². The number of hydrogen-bond acceptors (Lipinski definition) is 2. The zero-order valence-electron chi connectivity index (χ0n) is 11.8. The maximum atomic E-state index is 12.0. The van der Waals surface area contributed by atoms with Crippen LogP contribution < -0.4 is 5.32 Å². The molecular weight excluding hydrogens is 238 g/mol. The average Bonchev–Trinajstić information content (AvgIpc) is 2.66. The Morgan fingerprint density at radius 2 is 2.00 bits per heavy atom. The first-order valence-electron chi connectivity index (χ1n) is 6.35. The van der Waals surface area contributed by atoms with Gasteiger partial charge in [0.2, 0.25) is 5.91 Å². The van der Waals surface area contributed by atoms with Gasteiger partial charge in [0.15, 0.2) is 5.82 Å². The summed E-state index contributed by atoms with van der Waals surface area (Å²) in [6.45, 7) is 7.92. The van der Waals surface area contributed by atoms with Crippen LogP contribution in [-0.2, 0) is 11.2 Å². The largest absolute Gasteiger partial charge is 0.309 e. The SMILES string of the molecule is Cc1ccc(C)c(CC(=O)Nc2n[nH]c(C)c2C)c1. The molecule has 0 saturated heterocycles. The van der Waals surface area contributed by atoms with E-state index in [1.54, 1.807) is 0 Å². The Kier molecular flexibility index (Phi) is 3.69. The molecule has 0 aliphatic heterocycles. The van der Waals surface area contributed by atoms with Gasteiger partial charge in [-0.25, -0.2) is 0 Å². The number of nitrogens with one attached hydrogen (secondary N) is 2. The highest BCUT2D eigenvalue weighted by molar-refractivity contribution is 5.92. The maximum Gasteiger partial charge on any atom is 0.230 e. The van der Waals surface area contributed by atoms with Gasteiger partial charge in [0.1, 0.15) is 0 Å². The molecule has 4 heteroatoms. The number of hydrogen-bond donors (Lipinski definition) is 2. The number of carbonyl (C=O) groups is 1. The van der Waals surface area contributed by atoms with Crippen molar-refractivity contribution in [3.8, 4) is 0 Å². The Labute approximate surface area is 113 Å². The first kappa shape index (κ1) is 13.3. The Morgan fingerprint density at radius 3 is 2.63 bits per heavy atom. The molecule has 0 fully saturated rings. The summed E-state index contributed by atoms with van der Waals surface area (Å²) in [5.74, 6) is 0.580. The molecule has 100 valence electrons. The van der Waals surface area contributed by atoms with Gasteiger partial charge in [-0.15, -0.1) is 0 Å². The normalized spacial score (nSPS) is 10.5. The number of aryl methyl sites for hydroxylation is 3. The third kappa shape index (κ3) is 3.02. The van der Waals surface area contributed by atoms with Crippen LogP contribution in [-0.4, -0.2) is 16.1 Å². The van der Waals surface area contributed by atoms with E-state index >= 15 is 0 Å². The molecule has 0 radical (unpaired) electrons. The second-order valence-corrected chi connectivity index (χ2v) is 4.98. The number of aromatic amines is 1. The number of nitrogens with zero attached hydrogens (tertiary/aromatic N) is 1. The standard InChI is InChI=1S/C15H19N3O/c1-9-5-6-10(2)13(7-9)8-14(19)16-15-11(3)12(4)17-18-15/h5-7H,8H2,1-4H3,(H2,16,17,18,19). The lowest BCUT2D eigenvalue weighted by molar-refractivity contribution is -0.115. The van der Waals surface area contributed by atoms with Crippen molar-refractivity contribution in [2.45, 2.75) is 34.1 Å². The van der Waals surface area contributed by atoms with Crippen LogP contribution in [0.15, 0.2) is 18.2 Å². The number of H-pyrrole nitrogens is 1. The van der Waals surface area contributed by atoms with Gasteiger partial charge in [0.25, 0.3) is 0 Å². The number of anilines is 1. The highest BCUT2D eigenvalue weighted by atomic mass is 16.1. The third-order valence-corrected chi connectivity index (χ3v) is 3.37. The third-order valence-electron chi connectivity index (χ3n) is 3.37. The molecular formula is C15H19N3O. The van der Waals surface area contributed by atoms with Crippen LogP contribution >= 0.6 is 0 Å². The van der Waals surface area contributed by atoms with Gasteiger partial charge in [-0.2, -0.15) is 5.10 Å². The topological polar surface area (TPSA) is 57.8 Å². The van der Waals surface area contributed by atoms with Gasteiger partial charge in [-0.3, -0.25) is 9.89 Å². The summed E-state index contributed by atoms with van der Waals surface area (Å²) in [6, 6.07) is 6.15.